The number of hydrogen-bond donors (Lipinski definition) is 1. The van der Waals surface area contributed by atoms with E-state index in [4.69, 9.17) is 9.84 Å². The minimum absolute atomic E-state index is 0.123. The molecular formula is C16H16O4. The largest absolute Gasteiger partial charge is 0.481 e. The third-order valence-corrected chi connectivity index (χ3v) is 3.27. The minimum Gasteiger partial charge on any atom is -0.481 e. The summed E-state index contributed by atoms with van der Waals surface area (Å²) in [7, 11) is 0. The summed E-state index contributed by atoms with van der Waals surface area (Å²) in [6, 6.07) is 11.8. The Hall–Kier alpha value is -2.36. The van der Waals surface area contributed by atoms with E-state index in [1.807, 2.05) is 36.4 Å². The number of rotatable bonds is 7. The van der Waals surface area contributed by atoms with E-state index in [1.165, 1.54) is 0 Å². The molecule has 0 radical (unpaired) electrons. The van der Waals surface area contributed by atoms with Crippen molar-refractivity contribution in [1.29, 1.82) is 0 Å². The molecule has 0 bridgehead atoms. The monoisotopic (exact) mass is 272 g/mol. The summed E-state index contributed by atoms with van der Waals surface area (Å²) in [5, 5.41) is 11.0. The quantitative estimate of drug-likeness (QED) is 0.621. The molecule has 2 aromatic rings. The summed E-state index contributed by atoms with van der Waals surface area (Å²) in [5.74, 6) is -0.794. The Bertz CT molecular complexity index is 619. The second-order valence-corrected chi connectivity index (χ2v) is 4.54. The summed E-state index contributed by atoms with van der Waals surface area (Å²) in [6.45, 7) is 0.797. The van der Waals surface area contributed by atoms with Crippen LogP contribution in [0.3, 0.4) is 0 Å². The number of fused-ring (bicyclic) bond motifs is 1. The predicted octanol–water partition coefficient (Wildman–Crippen LogP) is 2.57. The Labute approximate surface area is 117 Å². The zero-order valence-electron chi connectivity index (χ0n) is 11.0. The van der Waals surface area contributed by atoms with Crippen molar-refractivity contribution in [2.75, 3.05) is 6.61 Å². The van der Waals surface area contributed by atoms with E-state index in [1.54, 1.807) is 0 Å². The van der Waals surface area contributed by atoms with Crippen LogP contribution in [0.1, 0.15) is 17.5 Å². The average Bonchev–Trinajstić information content (AvgIpc) is 2.46. The number of benzene rings is 2. The molecule has 0 saturated carbocycles. The molecule has 0 atom stereocenters. The van der Waals surface area contributed by atoms with Gasteiger partial charge in [0, 0.05) is 12.8 Å². The lowest BCUT2D eigenvalue weighted by atomic mass is 9.96. The highest BCUT2D eigenvalue weighted by Gasteiger charge is 2.07. The molecule has 0 saturated heterocycles. The number of carbonyl (C=O) groups is 2. The van der Waals surface area contributed by atoms with Gasteiger partial charge in [-0.2, -0.15) is 0 Å². The Morgan fingerprint density at radius 2 is 1.65 bits per heavy atom. The number of carboxylic acid groups (broad SMARTS) is 1. The lowest BCUT2D eigenvalue weighted by molar-refractivity contribution is -0.137. The van der Waals surface area contributed by atoms with Gasteiger partial charge in [-0.15, -0.1) is 0 Å². The van der Waals surface area contributed by atoms with Crippen molar-refractivity contribution in [2.24, 2.45) is 0 Å². The van der Waals surface area contributed by atoms with Gasteiger partial charge in [-0.3, -0.25) is 9.59 Å². The zero-order valence-corrected chi connectivity index (χ0v) is 11.0. The fourth-order valence-electron chi connectivity index (χ4n) is 2.32. The first-order valence-corrected chi connectivity index (χ1v) is 6.49. The van der Waals surface area contributed by atoms with Gasteiger partial charge in [0.1, 0.15) is 0 Å². The van der Waals surface area contributed by atoms with E-state index in [2.05, 4.69) is 0 Å². The summed E-state index contributed by atoms with van der Waals surface area (Å²) in [6.07, 6.45) is 1.29. The number of ether oxygens (including phenoxy) is 1. The van der Waals surface area contributed by atoms with E-state index in [9.17, 15) is 9.59 Å². The molecule has 0 heterocycles. The minimum atomic E-state index is -0.794. The van der Waals surface area contributed by atoms with Crippen molar-refractivity contribution < 1.29 is 19.4 Å². The van der Waals surface area contributed by atoms with Gasteiger partial charge in [0.25, 0.3) is 6.47 Å². The van der Waals surface area contributed by atoms with Gasteiger partial charge >= 0.3 is 5.97 Å². The summed E-state index contributed by atoms with van der Waals surface area (Å²) in [4.78, 5) is 20.9. The van der Waals surface area contributed by atoms with Crippen LogP contribution in [0, 0.1) is 0 Å². The topological polar surface area (TPSA) is 63.6 Å². The Morgan fingerprint density at radius 3 is 2.20 bits per heavy atom. The van der Waals surface area contributed by atoms with Gasteiger partial charge in [-0.05, 0) is 28.3 Å². The highest BCUT2D eigenvalue weighted by atomic mass is 16.5. The standard InChI is InChI=1S/C16H16O4/c17-11-20-10-9-13-6-5-12(7-8-16(18)19)14-3-1-2-4-15(13)14/h1-6,11H,7-10H2,(H,18,19). The van der Waals surface area contributed by atoms with E-state index < -0.39 is 5.97 Å². The van der Waals surface area contributed by atoms with Crippen LogP contribution in [-0.2, 0) is 27.2 Å². The molecule has 0 aliphatic carbocycles. The highest BCUT2D eigenvalue weighted by Crippen LogP contribution is 2.24. The number of hydrogen-bond acceptors (Lipinski definition) is 3. The second-order valence-electron chi connectivity index (χ2n) is 4.54. The van der Waals surface area contributed by atoms with Gasteiger partial charge in [-0.1, -0.05) is 36.4 Å². The molecule has 0 unspecified atom stereocenters. The van der Waals surface area contributed by atoms with Crippen molar-refractivity contribution in [3.63, 3.8) is 0 Å². The molecule has 4 heteroatoms. The maximum atomic E-state index is 10.7. The first-order valence-electron chi connectivity index (χ1n) is 6.49. The van der Waals surface area contributed by atoms with Gasteiger partial charge in [0.15, 0.2) is 0 Å². The molecule has 4 nitrogen and oxygen atoms in total. The summed E-state index contributed by atoms with van der Waals surface area (Å²) >= 11 is 0. The molecule has 0 fully saturated rings. The lowest BCUT2D eigenvalue weighted by Gasteiger charge is -2.10. The smallest absolute Gasteiger partial charge is 0.303 e. The van der Waals surface area contributed by atoms with E-state index in [-0.39, 0.29) is 6.42 Å². The molecule has 2 aromatic carbocycles. The molecular weight excluding hydrogens is 256 g/mol. The number of aryl methyl sites for hydroxylation is 1. The van der Waals surface area contributed by atoms with Gasteiger partial charge in [-0.25, -0.2) is 0 Å². The summed E-state index contributed by atoms with van der Waals surface area (Å²) < 4.78 is 4.74. The van der Waals surface area contributed by atoms with Gasteiger partial charge in [0.05, 0.1) is 6.61 Å². The van der Waals surface area contributed by atoms with Crippen LogP contribution in [0.25, 0.3) is 10.8 Å². The van der Waals surface area contributed by atoms with E-state index >= 15 is 0 Å². The normalized spacial score (nSPS) is 10.4. The molecule has 0 aliphatic heterocycles. The van der Waals surface area contributed by atoms with Gasteiger partial charge < -0.3 is 9.84 Å². The average molecular weight is 272 g/mol. The maximum absolute atomic E-state index is 10.7. The van der Waals surface area contributed by atoms with Crippen molar-refractivity contribution in [2.45, 2.75) is 19.3 Å². The van der Waals surface area contributed by atoms with Crippen molar-refractivity contribution in [1.82, 2.24) is 0 Å². The molecule has 0 amide bonds. The lowest BCUT2D eigenvalue weighted by Crippen LogP contribution is -2.01. The third kappa shape index (κ3) is 3.35. The van der Waals surface area contributed by atoms with Crippen LogP contribution in [0.15, 0.2) is 36.4 Å². The molecule has 2 rings (SSSR count). The zero-order chi connectivity index (χ0) is 14.4. The SMILES string of the molecule is O=COCCc1ccc(CCC(=O)O)c2ccccc12. The van der Waals surface area contributed by atoms with Crippen LogP contribution in [0.5, 0.6) is 0 Å². The van der Waals surface area contributed by atoms with Crippen molar-refractivity contribution in [3.05, 3.63) is 47.5 Å². The molecule has 20 heavy (non-hydrogen) atoms. The predicted molar refractivity (Wildman–Crippen MR) is 75.6 cm³/mol. The van der Waals surface area contributed by atoms with E-state index in [0.717, 1.165) is 21.9 Å². The first kappa shape index (κ1) is 14.1. The number of carboxylic acids is 1. The van der Waals surface area contributed by atoms with Crippen molar-refractivity contribution >= 4 is 23.2 Å². The molecule has 0 aliphatic rings. The van der Waals surface area contributed by atoms with Crippen LogP contribution < -0.4 is 0 Å². The Morgan fingerprint density at radius 1 is 1.05 bits per heavy atom. The molecule has 1 N–H and O–H groups in total. The van der Waals surface area contributed by atoms with Gasteiger partial charge in [0.2, 0.25) is 0 Å². The highest BCUT2D eigenvalue weighted by molar-refractivity contribution is 5.89. The second kappa shape index (κ2) is 6.70. The van der Waals surface area contributed by atoms with Crippen LogP contribution in [0.2, 0.25) is 0 Å². The number of aliphatic carboxylic acids is 1. The molecule has 0 spiro atoms. The van der Waals surface area contributed by atoms with E-state index in [0.29, 0.717) is 25.9 Å². The fourth-order valence-corrected chi connectivity index (χ4v) is 2.32. The molecule has 0 aromatic heterocycles. The summed E-state index contributed by atoms with van der Waals surface area (Å²) in [5.41, 5.74) is 2.13. The first-order chi connectivity index (χ1) is 9.72. The Balaban J connectivity index is 2.31. The van der Waals surface area contributed by atoms with Crippen LogP contribution in [-0.4, -0.2) is 24.2 Å². The van der Waals surface area contributed by atoms with Crippen LogP contribution >= 0.6 is 0 Å². The Kier molecular flexibility index (Phi) is 4.71. The van der Waals surface area contributed by atoms with Crippen LogP contribution in [0.4, 0.5) is 0 Å². The third-order valence-electron chi connectivity index (χ3n) is 3.27. The molecule has 104 valence electrons. The fraction of sp³-hybridized carbons (Fsp3) is 0.250. The maximum Gasteiger partial charge on any atom is 0.303 e. The number of carbonyl (C=O) groups excluding carboxylic acids is 1. The van der Waals surface area contributed by atoms with Crippen molar-refractivity contribution in [3.8, 4) is 0 Å².